The molecule has 0 saturated heterocycles. The number of rotatable bonds is 6. The van der Waals surface area contributed by atoms with Crippen molar-refractivity contribution in [3.05, 3.63) is 34.5 Å². The summed E-state index contributed by atoms with van der Waals surface area (Å²) in [7, 11) is 1.57. The lowest BCUT2D eigenvalue weighted by Gasteiger charge is -2.14. The molecule has 1 rings (SSSR count). The maximum absolute atomic E-state index is 11.5. The maximum Gasteiger partial charge on any atom is 0.309 e. The highest BCUT2D eigenvalue weighted by atomic mass is 32.1. The summed E-state index contributed by atoms with van der Waals surface area (Å²) < 4.78 is 5.31. The second-order valence-electron chi connectivity index (χ2n) is 3.88. The number of aryl methyl sites for hydroxylation is 1. The minimum absolute atomic E-state index is 0.241. The lowest BCUT2D eigenvalue weighted by molar-refractivity contribution is -0.139. The normalized spacial score (nSPS) is 11.7. The molecular formula is C13H18N2O3S. The number of carbonyl (C=O) groups is 2. The highest BCUT2D eigenvalue weighted by Gasteiger charge is 2.17. The van der Waals surface area contributed by atoms with Crippen molar-refractivity contribution in [2.45, 2.75) is 13.0 Å². The lowest BCUT2D eigenvalue weighted by Crippen LogP contribution is -2.41. The highest BCUT2D eigenvalue weighted by molar-refractivity contribution is 7.12. The van der Waals surface area contributed by atoms with Gasteiger partial charge in [-0.05, 0) is 19.1 Å². The van der Waals surface area contributed by atoms with Gasteiger partial charge in [-0.2, -0.15) is 0 Å². The Morgan fingerprint density at radius 2 is 2.11 bits per heavy atom. The van der Waals surface area contributed by atoms with Crippen molar-refractivity contribution in [3.8, 4) is 0 Å². The summed E-state index contributed by atoms with van der Waals surface area (Å²) in [5.41, 5.74) is 0. The Morgan fingerprint density at radius 1 is 1.42 bits per heavy atom. The number of carbonyl (C=O) groups excluding carboxylic acids is 2. The van der Waals surface area contributed by atoms with E-state index >= 15 is 0 Å². The first-order valence-corrected chi connectivity index (χ1v) is 6.66. The maximum atomic E-state index is 11.5. The zero-order valence-electron chi connectivity index (χ0n) is 11.1. The van der Waals surface area contributed by atoms with E-state index in [0.29, 0.717) is 0 Å². The van der Waals surface area contributed by atoms with Crippen LogP contribution < -0.4 is 10.6 Å². The van der Waals surface area contributed by atoms with Gasteiger partial charge in [0.15, 0.2) is 0 Å². The average Bonchev–Trinajstić information content (AvgIpc) is 2.83. The summed E-state index contributed by atoms with van der Waals surface area (Å²) in [4.78, 5) is 25.0. The standard InChI is InChI=1S/C13H18N2O3S/c1-4-7-14-12(16)13(17)15-8-10(18-3)11-6-5-9(2)19-11/h4-6,10H,1,7-8H2,2-3H3,(H,14,16)(H,15,17). The van der Waals surface area contributed by atoms with E-state index in [9.17, 15) is 9.59 Å². The minimum Gasteiger partial charge on any atom is -0.374 e. The third-order valence-corrected chi connectivity index (χ3v) is 3.52. The van der Waals surface area contributed by atoms with E-state index in [4.69, 9.17) is 4.74 Å². The zero-order chi connectivity index (χ0) is 14.3. The fraction of sp³-hybridized carbons (Fsp3) is 0.385. The van der Waals surface area contributed by atoms with Crippen LogP contribution in [0.2, 0.25) is 0 Å². The molecule has 0 radical (unpaired) electrons. The van der Waals surface area contributed by atoms with Gasteiger partial charge in [0.25, 0.3) is 0 Å². The lowest BCUT2D eigenvalue weighted by atomic mass is 10.3. The Kier molecular flexibility index (Phi) is 6.24. The van der Waals surface area contributed by atoms with E-state index < -0.39 is 11.8 Å². The van der Waals surface area contributed by atoms with Gasteiger partial charge in [0.1, 0.15) is 6.10 Å². The Morgan fingerprint density at radius 3 is 2.63 bits per heavy atom. The fourth-order valence-electron chi connectivity index (χ4n) is 1.44. The predicted octanol–water partition coefficient (Wildman–Crippen LogP) is 1.16. The van der Waals surface area contributed by atoms with Crippen LogP contribution in [-0.4, -0.2) is 32.0 Å². The number of amides is 2. The van der Waals surface area contributed by atoms with Gasteiger partial charge in [0, 0.05) is 30.0 Å². The average molecular weight is 282 g/mol. The van der Waals surface area contributed by atoms with Gasteiger partial charge < -0.3 is 15.4 Å². The number of nitrogens with one attached hydrogen (secondary N) is 2. The molecule has 0 aliphatic carbocycles. The summed E-state index contributed by atoms with van der Waals surface area (Å²) in [6, 6.07) is 3.95. The summed E-state index contributed by atoms with van der Waals surface area (Å²) in [6.07, 6.45) is 1.27. The van der Waals surface area contributed by atoms with Gasteiger partial charge >= 0.3 is 11.8 Å². The number of hydrogen-bond donors (Lipinski definition) is 2. The van der Waals surface area contributed by atoms with E-state index in [2.05, 4.69) is 17.2 Å². The molecule has 5 nitrogen and oxygen atoms in total. The highest BCUT2D eigenvalue weighted by Crippen LogP contribution is 2.24. The molecule has 104 valence electrons. The van der Waals surface area contributed by atoms with Crippen molar-refractivity contribution >= 4 is 23.2 Å². The SMILES string of the molecule is C=CCNC(=O)C(=O)NCC(OC)c1ccc(C)s1. The van der Waals surface area contributed by atoms with Gasteiger partial charge in [0.2, 0.25) is 0 Å². The summed E-state index contributed by atoms with van der Waals surface area (Å²) >= 11 is 1.60. The van der Waals surface area contributed by atoms with Crippen LogP contribution in [0.5, 0.6) is 0 Å². The Hall–Kier alpha value is -1.66. The summed E-state index contributed by atoms with van der Waals surface area (Å²) in [5.74, 6) is -1.34. The van der Waals surface area contributed by atoms with Gasteiger partial charge in [-0.3, -0.25) is 9.59 Å². The van der Waals surface area contributed by atoms with Crippen LogP contribution in [0.25, 0.3) is 0 Å². The molecule has 6 heteroatoms. The van der Waals surface area contributed by atoms with Crippen molar-refractivity contribution in [3.63, 3.8) is 0 Å². The second kappa shape index (κ2) is 7.70. The van der Waals surface area contributed by atoms with Crippen LogP contribution in [0.1, 0.15) is 15.9 Å². The third kappa shape index (κ3) is 4.84. The largest absolute Gasteiger partial charge is 0.374 e. The van der Waals surface area contributed by atoms with Gasteiger partial charge in [-0.25, -0.2) is 0 Å². The fourth-order valence-corrected chi connectivity index (χ4v) is 2.39. The number of thiophene rings is 1. The molecule has 0 aromatic carbocycles. The van der Waals surface area contributed by atoms with Crippen LogP contribution in [0.3, 0.4) is 0 Å². The quantitative estimate of drug-likeness (QED) is 0.608. The van der Waals surface area contributed by atoms with Gasteiger partial charge in [0.05, 0.1) is 0 Å². The van der Waals surface area contributed by atoms with Crippen LogP contribution in [0.15, 0.2) is 24.8 Å². The first kappa shape index (κ1) is 15.4. The summed E-state index contributed by atoms with van der Waals surface area (Å²) in [6.45, 7) is 5.99. The molecule has 0 aliphatic rings. The third-order valence-electron chi connectivity index (χ3n) is 2.42. The minimum atomic E-state index is -0.669. The molecule has 0 bridgehead atoms. The molecule has 2 N–H and O–H groups in total. The first-order chi connectivity index (χ1) is 9.08. The molecule has 2 amide bonds. The van der Waals surface area contributed by atoms with Crippen LogP contribution in [0, 0.1) is 6.92 Å². The number of methoxy groups -OCH3 is 1. The van der Waals surface area contributed by atoms with E-state index in [-0.39, 0.29) is 19.2 Å². The van der Waals surface area contributed by atoms with Crippen molar-refractivity contribution in [1.82, 2.24) is 10.6 Å². The van der Waals surface area contributed by atoms with Crippen molar-refractivity contribution in [1.29, 1.82) is 0 Å². The predicted molar refractivity (Wildman–Crippen MR) is 75.0 cm³/mol. The van der Waals surface area contributed by atoms with Crippen LogP contribution in [-0.2, 0) is 14.3 Å². The van der Waals surface area contributed by atoms with Gasteiger partial charge in [-0.15, -0.1) is 17.9 Å². The molecule has 19 heavy (non-hydrogen) atoms. The number of hydrogen-bond acceptors (Lipinski definition) is 4. The summed E-state index contributed by atoms with van der Waals surface area (Å²) in [5, 5.41) is 4.96. The Labute approximate surface area is 116 Å². The monoisotopic (exact) mass is 282 g/mol. The van der Waals surface area contributed by atoms with E-state index in [1.54, 1.807) is 18.4 Å². The van der Waals surface area contributed by atoms with E-state index in [1.807, 2.05) is 19.1 Å². The molecule has 0 spiro atoms. The Balaban J connectivity index is 2.47. The molecule has 1 unspecified atom stereocenters. The first-order valence-electron chi connectivity index (χ1n) is 5.84. The van der Waals surface area contributed by atoms with Crippen molar-refractivity contribution < 1.29 is 14.3 Å². The molecule has 1 aromatic rings. The zero-order valence-corrected chi connectivity index (χ0v) is 11.9. The van der Waals surface area contributed by atoms with Crippen molar-refractivity contribution in [2.75, 3.05) is 20.2 Å². The van der Waals surface area contributed by atoms with Crippen molar-refractivity contribution in [2.24, 2.45) is 0 Å². The molecule has 1 heterocycles. The molecule has 0 fully saturated rings. The topological polar surface area (TPSA) is 67.4 Å². The van der Waals surface area contributed by atoms with E-state index in [0.717, 1.165) is 4.88 Å². The second-order valence-corrected chi connectivity index (χ2v) is 5.20. The molecule has 1 atom stereocenters. The molecule has 0 aliphatic heterocycles. The molecule has 1 aromatic heterocycles. The van der Waals surface area contributed by atoms with Crippen LogP contribution in [0.4, 0.5) is 0 Å². The van der Waals surface area contributed by atoms with Gasteiger partial charge in [-0.1, -0.05) is 6.08 Å². The number of ether oxygens (including phenoxy) is 1. The molecular weight excluding hydrogens is 264 g/mol. The smallest absolute Gasteiger partial charge is 0.309 e. The van der Waals surface area contributed by atoms with E-state index in [1.165, 1.54) is 11.0 Å². The molecule has 0 saturated carbocycles. The van der Waals surface area contributed by atoms with Crippen LogP contribution >= 0.6 is 11.3 Å². The Bertz CT molecular complexity index is 456.